The minimum Gasteiger partial charge on any atom is -0.368 e. The van der Waals surface area contributed by atoms with E-state index in [1.54, 1.807) is 0 Å². The van der Waals surface area contributed by atoms with Gasteiger partial charge >= 0.3 is 10.3 Å². The number of hydroxylamine groups is 1. The number of aromatic nitrogens is 2. The van der Waals surface area contributed by atoms with Gasteiger partial charge in [-0.1, -0.05) is 24.1 Å². The van der Waals surface area contributed by atoms with Crippen molar-refractivity contribution in [1.82, 2.24) is 9.97 Å². The highest BCUT2D eigenvalue weighted by Gasteiger charge is 2.36. The minimum absolute atomic E-state index is 0.0520. The van der Waals surface area contributed by atoms with Crippen molar-refractivity contribution < 1.29 is 27.3 Å². The quantitative estimate of drug-likeness (QED) is 0.299. The summed E-state index contributed by atoms with van der Waals surface area (Å²) in [5.41, 5.74) is 3.17. The molecule has 0 radical (unpaired) electrons. The van der Waals surface area contributed by atoms with Crippen LogP contribution in [0.4, 0.5) is 5.82 Å². The maximum absolute atomic E-state index is 13.7. The van der Waals surface area contributed by atoms with Crippen LogP contribution in [0.2, 0.25) is 5.02 Å². The molecule has 2 aliphatic rings. The summed E-state index contributed by atoms with van der Waals surface area (Å²) in [6.07, 6.45) is 5.02. The van der Waals surface area contributed by atoms with Crippen LogP contribution in [0, 0.1) is 12.8 Å². The van der Waals surface area contributed by atoms with Crippen LogP contribution in [-0.4, -0.2) is 48.6 Å². The van der Waals surface area contributed by atoms with Crippen LogP contribution in [0.15, 0.2) is 36.8 Å². The molecule has 1 aromatic carbocycles. The van der Waals surface area contributed by atoms with Crippen molar-refractivity contribution in [1.29, 1.82) is 0 Å². The predicted molar refractivity (Wildman–Crippen MR) is 142 cm³/mol. The van der Waals surface area contributed by atoms with Crippen molar-refractivity contribution >= 4 is 44.8 Å². The highest BCUT2D eigenvalue weighted by atomic mass is 35.5. The van der Waals surface area contributed by atoms with Crippen LogP contribution in [0.25, 0.3) is 0 Å². The Morgan fingerprint density at radius 3 is 2.92 bits per heavy atom. The zero-order valence-corrected chi connectivity index (χ0v) is 22.9. The number of thiophene rings is 1. The van der Waals surface area contributed by atoms with E-state index in [1.807, 2.05) is 31.2 Å². The average Bonchev–Trinajstić information content (AvgIpc) is 3.52. The maximum Gasteiger partial charge on any atom is 0.333 e. The number of aryl methyl sites for hydroxylation is 1. The molecule has 10 nitrogen and oxygen atoms in total. The minimum atomic E-state index is -4.11. The highest BCUT2D eigenvalue weighted by Crippen LogP contribution is 2.40. The first kappa shape index (κ1) is 27.1. The Morgan fingerprint density at radius 2 is 2.13 bits per heavy atom. The summed E-state index contributed by atoms with van der Waals surface area (Å²) < 4.78 is 33.4. The molecule has 0 amide bonds. The van der Waals surface area contributed by atoms with E-state index in [0.29, 0.717) is 29.3 Å². The summed E-state index contributed by atoms with van der Waals surface area (Å²) in [4.78, 5) is 23.3. The highest BCUT2D eigenvalue weighted by molar-refractivity contribution is 7.84. The van der Waals surface area contributed by atoms with Crippen LogP contribution in [0.1, 0.15) is 62.2 Å². The molecule has 3 aromatic rings. The molecule has 1 fully saturated rings. The van der Waals surface area contributed by atoms with Crippen molar-refractivity contribution in [2.45, 2.75) is 44.8 Å². The summed E-state index contributed by atoms with van der Waals surface area (Å²) >= 11 is 7.60. The van der Waals surface area contributed by atoms with Gasteiger partial charge in [0.1, 0.15) is 12.4 Å². The van der Waals surface area contributed by atoms with Crippen LogP contribution >= 0.6 is 22.9 Å². The number of benzene rings is 1. The zero-order chi connectivity index (χ0) is 27.0. The summed E-state index contributed by atoms with van der Waals surface area (Å²) in [6, 6.07) is 7.10. The third-order valence-electron chi connectivity index (χ3n) is 7.04. The molecule has 13 heteroatoms. The number of carbonyl (C=O) groups is 1. The van der Waals surface area contributed by atoms with Crippen molar-refractivity contribution in [3.8, 4) is 0 Å². The van der Waals surface area contributed by atoms with E-state index in [-0.39, 0.29) is 35.8 Å². The van der Waals surface area contributed by atoms with Gasteiger partial charge in [0, 0.05) is 22.0 Å². The van der Waals surface area contributed by atoms with Crippen LogP contribution in [0.5, 0.6) is 0 Å². The first-order valence-electron chi connectivity index (χ1n) is 12.1. The third kappa shape index (κ3) is 5.62. The van der Waals surface area contributed by atoms with Gasteiger partial charge in [0.05, 0.1) is 29.7 Å². The summed E-state index contributed by atoms with van der Waals surface area (Å²) in [7, 11) is -4.11. The second kappa shape index (κ2) is 11.0. The molecule has 3 N–H and O–H groups in total. The lowest BCUT2D eigenvalue weighted by Crippen LogP contribution is -2.39. The zero-order valence-electron chi connectivity index (χ0n) is 20.5. The number of carbonyl (C=O) groups excluding carboxylic acids is 1. The van der Waals surface area contributed by atoms with E-state index in [2.05, 4.69) is 9.97 Å². The number of rotatable bonds is 8. The molecule has 1 aliphatic carbocycles. The molecule has 0 saturated heterocycles. The van der Waals surface area contributed by atoms with Crippen LogP contribution in [0.3, 0.4) is 0 Å². The molecule has 202 valence electrons. The second-order valence-electron chi connectivity index (χ2n) is 9.44. The lowest BCUT2D eigenvalue weighted by atomic mass is 9.93. The van der Waals surface area contributed by atoms with Gasteiger partial charge in [0.25, 0.3) is 0 Å². The predicted octanol–water partition coefficient (Wildman–Crippen LogP) is 3.98. The van der Waals surface area contributed by atoms with Crippen molar-refractivity contribution in [2.24, 2.45) is 11.1 Å². The molecular weight excluding hydrogens is 552 g/mol. The van der Waals surface area contributed by atoms with Crippen molar-refractivity contribution in [2.75, 3.05) is 18.3 Å². The standard InChI is InChI=1S/C25H27ClN4O6S2/c1-14-18(24-19-9-17(26)6-5-15(19)7-8-35-24)10-22(37-14)23(31)20-11-28-13-29-25(20)30(32)21-4-2-3-16(21)12-36-38(27,33)34/h5-6,9-11,13,16,21,24,32H,2-4,7-8,12H2,1H3,(H2,27,33,34)/t16-,21-,24-/m0/s1. The van der Waals surface area contributed by atoms with Crippen molar-refractivity contribution in [3.05, 3.63) is 73.8 Å². The smallest absolute Gasteiger partial charge is 0.333 e. The number of halogens is 1. The molecule has 3 atom stereocenters. The molecule has 0 unspecified atom stereocenters. The fourth-order valence-electron chi connectivity index (χ4n) is 5.21. The molecule has 1 aliphatic heterocycles. The number of nitrogens with two attached hydrogens (primary N) is 1. The largest absolute Gasteiger partial charge is 0.368 e. The number of fused-ring (bicyclic) bond motifs is 1. The molecule has 38 heavy (non-hydrogen) atoms. The van der Waals surface area contributed by atoms with Gasteiger partial charge in [-0.25, -0.2) is 20.2 Å². The van der Waals surface area contributed by atoms with Gasteiger partial charge in [0.15, 0.2) is 5.82 Å². The molecule has 5 rings (SSSR count). The first-order valence-corrected chi connectivity index (χ1v) is 14.8. The molecule has 2 aromatic heterocycles. The van der Waals surface area contributed by atoms with Gasteiger partial charge in [-0.2, -0.15) is 8.42 Å². The van der Waals surface area contributed by atoms with Crippen molar-refractivity contribution in [3.63, 3.8) is 0 Å². The lowest BCUT2D eigenvalue weighted by Gasteiger charge is -2.28. The number of ketones is 1. The van der Waals surface area contributed by atoms with Crippen LogP contribution in [-0.2, 0) is 25.6 Å². The summed E-state index contributed by atoms with van der Waals surface area (Å²) in [5, 5.41) is 17.6. The molecular formula is C25H27ClN4O6S2. The number of anilines is 1. The van der Waals surface area contributed by atoms with Gasteiger partial charge in [-0.15, -0.1) is 11.3 Å². The Balaban J connectivity index is 1.42. The normalized spacial score (nSPS) is 21.3. The lowest BCUT2D eigenvalue weighted by molar-refractivity contribution is 0.0697. The summed E-state index contributed by atoms with van der Waals surface area (Å²) in [5.74, 6) is -0.602. The average molecular weight is 579 g/mol. The fourth-order valence-corrected chi connectivity index (χ4v) is 6.76. The molecule has 1 saturated carbocycles. The molecule has 3 heterocycles. The van der Waals surface area contributed by atoms with Gasteiger partial charge in [-0.05, 0) is 61.1 Å². The van der Waals surface area contributed by atoms with E-state index in [0.717, 1.165) is 39.5 Å². The Kier molecular flexibility index (Phi) is 7.83. The van der Waals surface area contributed by atoms with Gasteiger partial charge in [0.2, 0.25) is 5.78 Å². The topological polar surface area (TPSA) is 145 Å². The summed E-state index contributed by atoms with van der Waals surface area (Å²) in [6.45, 7) is 2.33. The van der Waals surface area contributed by atoms with Gasteiger partial charge in [-0.3, -0.25) is 14.2 Å². The third-order valence-corrected chi connectivity index (χ3v) is 8.81. The molecule has 0 spiro atoms. The fraction of sp³-hybridized carbons (Fsp3) is 0.400. The maximum atomic E-state index is 13.7. The SMILES string of the molecule is Cc1sc(C(=O)c2cncnc2N(O)[C@H]2CCC[C@H]2COS(N)(=O)=O)cc1[C@@H]1OCCc2ccc(Cl)cc21. The number of ether oxygens (including phenoxy) is 1. The monoisotopic (exact) mass is 578 g/mol. The number of hydrogen-bond acceptors (Lipinski definition) is 10. The van der Waals surface area contributed by atoms with Crippen LogP contribution < -0.4 is 10.2 Å². The Bertz CT molecular complexity index is 1460. The second-order valence-corrected chi connectivity index (χ2v) is 12.3. The Labute approximate surface area is 229 Å². The van der Waals surface area contributed by atoms with Gasteiger partial charge < -0.3 is 4.74 Å². The first-order chi connectivity index (χ1) is 18.1. The van der Waals surface area contributed by atoms with E-state index >= 15 is 0 Å². The number of nitrogens with zero attached hydrogens (tertiary/aromatic N) is 3. The Morgan fingerprint density at radius 1 is 1.32 bits per heavy atom. The van der Waals surface area contributed by atoms with E-state index in [1.165, 1.54) is 23.9 Å². The number of hydrogen-bond donors (Lipinski definition) is 2. The van der Waals surface area contributed by atoms with E-state index < -0.39 is 16.3 Å². The Hall–Kier alpha value is -2.45. The molecule has 0 bridgehead atoms. The van der Waals surface area contributed by atoms with E-state index in [4.69, 9.17) is 25.7 Å². The van der Waals surface area contributed by atoms with E-state index in [9.17, 15) is 18.4 Å².